The van der Waals surface area contributed by atoms with Crippen molar-refractivity contribution in [3.8, 4) is 0 Å². The minimum Gasteiger partial charge on any atom is -0.481 e. The van der Waals surface area contributed by atoms with Gasteiger partial charge in [-0.05, 0) is 45.4 Å². The summed E-state index contributed by atoms with van der Waals surface area (Å²) in [5.41, 5.74) is -0.639. The zero-order valence-electron chi connectivity index (χ0n) is 13.0. The van der Waals surface area contributed by atoms with Gasteiger partial charge in [-0.3, -0.25) is 4.79 Å². The molecule has 116 valence electrons. The van der Waals surface area contributed by atoms with Crippen LogP contribution in [0.25, 0.3) is 0 Å². The van der Waals surface area contributed by atoms with Gasteiger partial charge in [-0.2, -0.15) is 0 Å². The second kappa shape index (κ2) is 6.46. The standard InChI is InChI=1S/C15H27NO4/c1-5-7-15(8-6-9-15)11(10-12(17)18)16-13(19)20-14(2,3)4/h11H,5-10H2,1-4H3,(H,16,19)(H,17,18). The van der Waals surface area contributed by atoms with E-state index in [9.17, 15) is 9.59 Å². The van der Waals surface area contributed by atoms with Crippen LogP contribution in [0.5, 0.6) is 0 Å². The Morgan fingerprint density at radius 2 is 1.95 bits per heavy atom. The molecule has 0 aliphatic heterocycles. The molecular weight excluding hydrogens is 258 g/mol. The van der Waals surface area contributed by atoms with Gasteiger partial charge in [0.25, 0.3) is 0 Å². The van der Waals surface area contributed by atoms with E-state index in [0.717, 1.165) is 32.1 Å². The normalized spacial score (nSPS) is 18.8. The molecular formula is C15H27NO4. The zero-order chi connectivity index (χ0) is 15.4. The Hall–Kier alpha value is -1.26. The van der Waals surface area contributed by atoms with Crippen molar-refractivity contribution in [1.82, 2.24) is 5.32 Å². The van der Waals surface area contributed by atoms with Gasteiger partial charge in [0.2, 0.25) is 0 Å². The summed E-state index contributed by atoms with van der Waals surface area (Å²) in [4.78, 5) is 23.0. The predicted molar refractivity (Wildman–Crippen MR) is 76.6 cm³/mol. The summed E-state index contributed by atoms with van der Waals surface area (Å²) in [5, 5.41) is 11.9. The van der Waals surface area contributed by atoms with Gasteiger partial charge in [-0.1, -0.05) is 19.8 Å². The van der Waals surface area contributed by atoms with Gasteiger partial charge in [0.15, 0.2) is 0 Å². The maximum absolute atomic E-state index is 11.9. The molecule has 1 aliphatic carbocycles. The first kappa shape index (κ1) is 16.8. The van der Waals surface area contributed by atoms with Crippen LogP contribution in [0.15, 0.2) is 0 Å². The summed E-state index contributed by atoms with van der Waals surface area (Å²) in [7, 11) is 0. The number of rotatable bonds is 6. The van der Waals surface area contributed by atoms with Crippen molar-refractivity contribution in [3.05, 3.63) is 0 Å². The van der Waals surface area contributed by atoms with Crippen LogP contribution in [0.4, 0.5) is 4.79 Å². The van der Waals surface area contributed by atoms with E-state index in [-0.39, 0.29) is 17.9 Å². The fourth-order valence-corrected chi connectivity index (χ4v) is 2.95. The zero-order valence-corrected chi connectivity index (χ0v) is 13.0. The highest BCUT2D eigenvalue weighted by molar-refractivity contribution is 5.72. The maximum Gasteiger partial charge on any atom is 0.407 e. The molecule has 1 aliphatic rings. The molecule has 0 aromatic heterocycles. The largest absolute Gasteiger partial charge is 0.481 e. The van der Waals surface area contributed by atoms with Crippen molar-refractivity contribution in [2.24, 2.45) is 5.41 Å². The average Bonchev–Trinajstić information content (AvgIpc) is 2.18. The second-order valence-corrected chi connectivity index (χ2v) is 6.76. The van der Waals surface area contributed by atoms with E-state index in [1.807, 2.05) is 0 Å². The van der Waals surface area contributed by atoms with Gasteiger partial charge in [0, 0.05) is 6.04 Å². The molecule has 0 aromatic rings. The SMILES string of the molecule is CCCC1(C(CC(=O)O)NC(=O)OC(C)(C)C)CCC1. The van der Waals surface area contributed by atoms with Crippen LogP contribution in [-0.2, 0) is 9.53 Å². The lowest BCUT2D eigenvalue weighted by molar-refractivity contribution is -0.139. The summed E-state index contributed by atoms with van der Waals surface area (Å²) in [6, 6.07) is -0.344. The van der Waals surface area contributed by atoms with Crippen LogP contribution < -0.4 is 5.32 Å². The molecule has 1 saturated carbocycles. The van der Waals surface area contributed by atoms with Crippen LogP contribution in [0.1, 0.15) is 66.2 Å². The van der Waals surface area contributed by atoms with Crippen molar-refractivity contribution in [2.45, 2.75) is 77.9 Å². The van der Waals surface area contributed by atoms with Crippen LogP contribution in [0, 0.1) is 5.41 Å². The Balaban J connectivity index is 2.74. The summed E-state index contributed by atoms with van der Waals surface area (Å²) in [6.45, 7) is 7.48. The molecule has 0 heterocycles. The van der Waals surface area contributed by atoms with Gasteiger partial charge in [-0.25, -0.2) is 4.79 Å². The number of hydrogen-bond acceptors (Lipinski definition) is 3. The minimum absolute atomic E-state index is 0.0424. The van der Waals surface area contributed by atoms with Gasteiger partial charge in [0.05, 0.1) is 6.42 Å². The third-order valence-electron chi connectivity index (χ3n) is 3.91. The number of carbonyl (C=O) groups is 2. The lowest BCUT2D eigenvalue weighted by atomic mass is 9.61. The maximum atomic E-state index is 11.9. The molecule has 1 amide bonds. The van der Waals surface area contributed by atoms with Crippen molar-refractivity contribution in [3.63, 3.8) is 0 Å². The number of alkyl carbamates (subject to hydrolysis) is 1. The molecule has 20 heavy (non-hydrogen) atoms. The fourth-order valence-electron chi connectivity index (χ4n) is 2.95. The predicted octanol–water partition coefficient (Wildman–Crippen LogP) is 3.32. The lowest BCUT2D eigenvalue weighted by Gasteiger charge is -2.47. The van der Waals surface area contributed by atoms with E-state index in [2.05, 4.69) is 12.2 Å². The van der Waals surface area contributed by atoms with Crippen LogP contribution in [0.2, 0.25) is 0 Å². The van der Waals surface area contributed by atoms with Crippen molar-refractivity contribution >= 4 is 12.1 Å². The molecule has 5 heteroatoms. The van der Waals surface area contributed by atoms with Crippen molar-refractivity contribution < 1.29 is 19.4 Å². The van der Waals surface area contributed by atoms with E-state index in [1.165, 1.54) is 0 Å². The first-order chi connectivity index (χ1) is 9.18. The molecule has 1 atom stereocenters. The number of ether oxygens (including phenoxy) is 1. The fraction of sp³-hybridized carbons (Fsp3) is 0.867. The monoisotopic (exact) mass is 285 g/mol. The van der Waals surface area contributed by atoms with Crippen molar-refractivity contribution in [1.29, 1.82) is 0 Å². The first-order valence-corrected chi connectivity index (χ1v) is 7.40. The Morgan fingerprint density at radius 1 is 1.35 bits per heavy atom. The van der Waals surface area contributed by atoms with Crippen molar-refractivity contribution in [2.75, 3.05) is 0 Å². The van der Waals surface area contributed by atoms with Gasteiger partial charge in [-0.15, -0.1) is 0 Å². The number of amides is 1. The van der Waals surface area contributed by atoms with Crippen LogP contribution in [-0.4, -0.2) is 28.8 Å². The van der Waals surface area contributed by atoms with E-state index in [4.69, 9.17) is 9.84 Å². The van der Waals surface area contributed by atoms with Gasteiger partial charge < -0.3 is 15.2 Å². The van der Waals surface area contributed by atoms with Crippen LogP contribution in [0.3, 0.4) is 0 Å². The summed E-state index contributed by atoms with van der Waals surface area (Å²) < 4.78 is 5.25. The molecule has 2 N–H and O–H groups in total. The minimum atomic E-state index is -0.881. The van der Waals surface area contributed by atoms with E-state index in [0.29, 0.717) is 0 Å². The number of nitrogens with one attached hydrogen (secondary N) is 1. The number of carboxylic acid groups (broad SMARTS) is 1. The van der Waals surface area contributed by atoms with E-state index < -0.39 is 17.7 Å². The highest BCUT2D eigenvalue weighted by Gasteiger charge is 2.45. The highest BCUT2D eigenvalue weighted by Crippen LogP contribution is 2.48. The number of carbonyl (C=O) groups excluding carboxylic acids is 1. The van der Waals surface area contributed by atoms with Gasteiger partial charge >= 0.3 is 12.1 Å². The molecule has 0 spiro atoms. The van der Waals surface area contributed by atoms with Crippen LogP contribution >= 0.6 is 0 Å². The second-order valence-electron chi connectivity index (χ2n) is 6.76. The summed E-state index contributed by atoms with van der Waals surface area (Å²) in [5.74, 6) is -0.881. The third kappa shape index (κ3) is 4.69. The molecule has 0 bridgehead atoms. The Morgan fingerprint density at radius 3 is 2.30 bits per heavy atom. The molecule has 1 unspecified atom stereocenters. The quantitative estimate of drug-likeness (QED) is 0.785. The molecule has 0 radical (unpaired) electrons. The van der Waals surface area contributed by atoms with Gasteiger partial charge in [0.1, 0.15) is 5.60 Å². The lowest BCUT2D eigenvalue weighted by Crippen LogP contribution is -2.53. The Kier molecular flexibility index (Phi) is 5.42. The molecule has 0 aromatic carbocycles. The first-order valence-electron chi connectivity index (χ1n) is 7.40. The average molecular weight is 285 g/mol. The molecule has 1 rings (SSSR count). The number of hydrogen-bond donors (Lipinski definition) is 2. The summed E-state index contributed by atoms with van der Waals surface area (Å²) in [6.07, 6.45) is 4.44. The molecule has 1 fully saturated rings. The summed E-state index contributed by atoms with van der Waals surface area (Å²) >= 11 is 0. The van der Waals surface area contributed by atoms with E-state index in [1.54, 1.807) is 20.8 Å². The highest BCUT2D eigenvalue weighted by atomic mass is 16.6. The Bertz CT molecular complexity index is 355. The number of aliphatic carboxylic acids is 1. The number of carboxylic acids is 1. The molecule has 0 saturated heterocycles. The molecule has 5 nitrogen and oxygen atoms in total. The Labute approximate surface area is 121 Å². The smallest absolute Gasteiger partial charge is 0.407 e. The third-order valence-corrected chi connectivity index (χ3v) is 3.91. The topological polar surface area (TPSA) is 75.6 Å². The van der Waals surface area contributed by atoms with E-state index >= 15 is 0 Å².